The highest BCUT2D eigenvalue weighted by molar-refractivity contribution is 5.04. The highest BCUT2D eigenvalue weighted by Crippen LogP contribution is 2.01. The van der Waals surface area contributed by atoms with E-state index in [-0.39, 0.29) is 5.56 Å². The molecule has 0 aliphatic heterocycles. The van der Waals surface area contributed by atoms with E-state index in [9.17, 15) is 4.79 Å². The van der Waals surface area contributed by atoms with Crippen molar-refractivity contribution in [1.82, 2.24) is 9.97 Å². The van der Waals surface area contributed by atoms with Crippen molar-refractivity contribution < 1.29 is 4.74 Å². The maximum Gasteiger partial charge on any atom is 0.254 e. The van der Waals surface area contributed by atoms with Crippen LogP contribution >= 0.6 is 0 Å². The van der Waals surface area contributed by atoms with Gasteiger partial charge in [-0.25, -0.2) is 4.98 Å². The molecule has 0 spiro atoms. The normalized spacial score (nSPS) is 9.92. The summed E-state index contributed by atoms with van der Waals surface area (Å²) in [5.74, 6) is 0.403. The van der Waals surface area contributed by atoms with Gasteiger partial charge in [0.25, 0.3) is 5.56 Å². The molecule has 0 aromatic carbocycles. The Morgan fingerprint density at radius 1 is 1.54 bits per heavy atom. The standard InChI is InChI=1S/C9H14N2O2/c1-2-3-4-5-13-9-6-8(12)10-7-11-9/h6-7H,2-5H2,1H3,(H,10,11,12). The molecule has 0 atom stereocenters. The third kappa shape index (κ3) is 3.73. The number of H-pyrrole nitrogens is 1. The van der Waals surface area contributed by atoms with Gasteiger partial charge in [-0.2, -0.15) is 0 Å². The Bertz CT molecular complexity index is 296. The van der Waals surface area contributed by atoms with Gasteiger partial charge in [-0.1, -0.05) is 19.8 Å². The average Bonchev–Trinajstić information content (AvgIpc) is 2.13. The molecule has 0 saturated heterocycles. The minimum Gasteiger partial charge on any atom is -0.477 e. The Morgan fingerprint density at radius 3 is 3.08 bits per heavy atom. The van der Waals surface area contributed by atoms with Gasteiger partial charge in [-0.3, -0.25) is 4.79 Å². The van der Waals surface area contributed by atoms with Gasteiger partial charge in [0.05, 0.1) is 19.0 Å². The summed E-state index contributed by atoms with van der Waals surface area (Å²) in [6, 6.07) is 1.35. The number of hydrogen-bond donors (Lipinski definition) is 1. The number of hydrogen-bond acceptors (Lipinski definition) is 3. The summed E-state index contributed by atoms with van der Waals surface area (Å²) in [5, 5.41) is 0. The van der Waals surface area contributed by atoms with E-state index in [0.29, 0.717) is 12.5 Å². The summed E-state index contributed by atoms with van der Waals surface area (Å²) in [5.41, 5.74) is -0.180. The van der Waals surface area contributed by atoms with E-state index in [1.807, 2.05) is 0 Å². The molecule has 1 heterocycles. The van der Waals surface area contributed by atoms with Crippen molar-refractivity contribution in [3.05, 3.63) is 22.7 Å². The van der Waals surface area contributed by atoms with E-state index >= 15 is 0 Å². The summed E-state index contributed by atoms with van der Waals surface area (Å²) in [4.78, 5) is 17.1. The van der Waals surface area contributed by atoms with Gasteiger partial charge in [0.2, 0.25) is 5.88 Å². The largest absolute Gasteiger partial charge is 0.477 e. The SMILES string of the molecule is CCCCCOc1cc(=O)[nH]cn1. The van der Waals surface area contributed by atoms with Gasteiger partial charge < -0.3 is 9.72 Å². The summed E-state index contributed by atoms with van der Waals surface area (Å²) in [6.07, 6.45) is 4.65. The van der Waals surface area contributed by atoms with E-state index < -0.39 is 0 Å². The Kier molecular flexibility index (Phi) is 4.02. The molecule has 0 fully saturated rings. The van der Waals surface area contributed by atoms with Crippen molar-refractivity contribution in [3.63, 3.8) is 0 Å². The minimum atomic E-state index is -0.180. The van der Waals surface area contributed by atoms with Crippen LogP contribution in [0.1, 0.15) is 26.2 Å². The highest BCUT2D eigenvalue weighted by atomic mass is 16.5. The van der Waals surface area contributed by atoms with Crippen LogP contribution in [0.4, 0.5) is 0 Å². The Labute approximate surface area is 77.0 Å². The molecule has 1 aromatic heterocycles. The van der Waals surface area contributed by atoms with Crippen LogP contribution in [0, 0.1) is 0 Å². The van der Waals surface area contributed by atoms with Gasteiger partial charge in [-0.15, -0.1) is 0 Å². The van der Waals surface area contributed by atoms with Crippen molar-refractivity contribution in [2.45, 2.75) is 26.2 Å². The molecule has 1 rings (SSSR count). The van der Waals surface area contributed by atoms with E-state index in [1.165, 1.54) is 12.4 Å². The van der Waals surface area contributed by atoms with Crippen LogP contribution in [-0.2, 0) is 0 Å². The summed E-state index contributed by atoms with van der Waals surface area (Å²) in [6.45, 7) is 2.76. The van der Waals surface area contributed by atoms with Gasteiger partial charge >= 0.3 is 0 Å². The topological polar surface area (TPSA) is 55.0 Å². The number of aromatic nitrogens is 2. The van der Waals surface area contributed by atoms with Crippen LogP contribution in [0.25, 0.3) is 0 Å². The van der Waals surface area contributed by atoms with Crippen LogP contribution < -0.4 is 10.3 Å². The maximum atomic E-state index is 10.8. The van der Waals surface area contributed by atoms with Gasteiger partial charge in [-0.05, 0) is 6.42 Å². The molecule has 0 bridgehead atoms. The fraction of sp³-hybridized carbons (Fsp3) is 0.556. The lowest BCUT2D eigenvalue weighted by atomic mass is 10.3. The molecular formula is C9H14N2O2. The van der Waals surface area contributed by atoms with Crippen LogP contribution in [0.2, 0.25) is 0 Å². The molecular weight excluding hydrogens is 168 g/mol. The first kappa shape index (κ1) is 9.77. The van der Waals surface area contributed by atoms with Crippen molar-refractivity contribution in [2.24, 2.45) is 0 Å². The number of rotatable bonds is 5. The maximum absolute atomic E-state index is 10.8. The predicted molar refractivity (Wildman–Crippen MR) is 49.9 cm³/mol. The lowest BCUT2D eigenvalue weighted by molar-refractivity contribution is 0.294. The van der Waals surface area contributed by atoms with Crippen molar-refractivity contribution in [1.29, 1.82) is 0 Å². The fourth-order valence-corrected chi connectivity index (χ4v) is 0.958. The second kappa shape index (κ2) is 5.35. The second-order valence-corrected chi connectivity index (χ2v) is 2.80. The summed E-state index contributed by atoms with van der Waals surface area (Å²) in [7, 11) is 0. The van der Waals surface area contributed by atoms with Crippen molar-refractivity contribution >= 4 is 0 Å². The minimum absolute atomic E-state index is 0.180. The van der Waals surface area contributed by atoms with E-state index in [1.54, 1.807) is 0 Å². The van der Waals surface area contributed by atoms with Crippen LogP contribution in [-0.4, -0.2) is 16.6 Å². The Morgan fingerprint density at radius 2 is 2.38 bits per heavy atom. The third-order valence-corrected chi connectivity index (χ3v) is 1.65. The van der Waals surface area contributed by atoms with Gasteiger partial charge in [0, 0.05) is 0 Å². The smallest absolute Gasteiger partial charge is 0.254 e. The second-order valence-electron chi connectivity index (χ2n) is 2.80. The predicted octanol–water partition coefficient (Wildman–Crippen LogP) is 1.34. The zero-order valence-electron chi connectivity index (χ0n) is 7.75. The first-order valence-electron chi connectivity index (χ1n) is 4.50. The molecule has 72 valence electrons. The number of nitrogens with zero attached hydrogens (tertiary/aromatic N) is 1. The molecule has 0 radical (unpaired) electrons. The Balaban J connectivity index is 2.33. The zero-order valence-corrected chi connectivity index (χ0v) is 7.75. The monoisotopic (exact) mass is 182 g/mol. The lowest BCUT2D eigenvalue weighted by Gasteiger charge is -2.02. The first-order valence-corrected chi connectivity index (χ1v) is 4.50. The van der Waals surface area contributed by atoms with Crippen LogP contribution in [0.15, 0.2) is 17.2 Å². The van der Waals surface area contributed by atoms with Crippen LogP contribution in [0.5, 0.6) is 5.88 Å². The molecule has 0 aliphatic rings. The summed E-state index contributed by atoms with van der Waals surface area (Å²) < 4.78 is 5.26. The molecule has 0 amide bonds. The molecule has 0 aliphatic carbocycles. The molecule has 0 saturated carbocycles. The van der Waals surface area contributed by atoms with E-state index in [2.05, 4.69) is 16.9 Å². The fourth-order valence-electron chi connectivity index (χ4n) is 0.958. The van der Waals surface area contributed by atoms with E-state index in [0.717, 1.165) is 19.3 Å². The zero-order chi connectivity index (χ0) is 9.52. The third-order valence-electron chi connectivity index (χ3n) is 1.65. The van der Waals surface area contributed by atoms with Crippen LogP contribution in [0.3, 0.4) is 0 Å². The number of aromatic amines is 1. The summed E-state index contributed by atoms with van der Waals surface area (Å²) >= 11 is 0. The van der Waals surface area contributed by atoms with Gasteiger partial charge in [0.15, 0.2) is 0 Å². The molecule has 4 heteroatoms. The number of ether oxygens (including phenoxy) is 1. The molecule has 13 heavy (non-hydrogen) atoms. The quantitative estimate of drug-likeness (QED) is 0.699. The van der Waals surface area contributed by atoms with Gasteiger partial charge in [0.1, 0.15) is 0 Å². The number of nitrogens with one attached hydrogen (secondary N) is 1. The van der Waals surface area contributed by atoms with Crippen molar-refractivity contribution in [3.8, 4) is 5.88 Å². The average molecular weight is 182 g/mol. The molecule has 1 aromatic rings. The molecule has 0 unspecified atom stereocenters. The van der Waals surface area contributed by atoms with Crippen molar-refractivity contribution in [2.75, 3.05) is 6.61 Å². The lowest BCUT2D eigenvalue weighted by Crippen LogP contribution is -2.07. The van der Waals surface area contributed by atoms with E-state index in [4.69, 9.17) is 4.74 Å². The first-order chi connectivity index (χ1) is 6.33. The molecule has 4 nitrogen and oxygen atoms in total. The molecule has 1 N–H and O–H groups in total. The highest BCUT2D eigenvalue weighted by Gasteiger charge is 1.94. The number of unbranched alkanes of at least 4 members (excludes halogenated alkanes) is 2. The Hall–Kier alpha value is -1.32.